The lowest BCUT2D eigenvalue weighted by Crippen LogP contribution is -2.29. The molecule has 1 N–H and O–H groups in total. The highest BCUT2D eigenvalue weighted by Crippen LogP contribution is 2.43. The number of thiocarbonyl (C=S) groups is 1. The number of nitrogens with zero attached hydrogens (tertiary/aromatic N) is 2. The quantitative estimate of drug-likeness (QED) is 0.213. The van der Waals surface area contributed by atoms with Gasteiger partial charge in [-0.05, 0) is 97.9 Å². The first-order valence-corrected chi connectivity index (χ1v) is 13.5. The Hall–Kier alpha value is -4.13. The second-order valence-corrected chi connectivity index (χ2v) is 10.3. The minimum Gasteiger partial charge on any atom is -0.459 e. The number of benzene rings is 3. The van der Waals surface area contributed by atoms with Crippen molar-refractivity contribution in [2.24, 2.45) is 0 Å². The van der Waals surface area contributed by atoms with Gasteiger partial charge in [0.1, 0.15) is 29.1 Å². The number of nitrogens with one attached hydrogen (secondary N) is 1. The molecule has 1 fully saturated rings. The Kier molecular flexibility index (Phi) is 6.81. The second-order valence-electron chi connectivity index (χ2n) is 9.47. The lowest BCUT2D eigenvalue weighted by Gasteiger charge is -2.26. The van der Waals surface area contributed by atoms with Gasteiger partial charge in [-0.25, -0.2) is 0 Å². The van der Waals surface area contributed by atoms with Crippen molar-refractivity contribution in [2.45, 2.75) is 25.9 Å². The van der Waals surface area contributed by atoms with Gasteiger partial charge in [-0.3, -0.25) is 4.98 Å². The van der Waals surface area contributed by atoms with Gasteiger partial charge in [-0.1, -0.05) is 48.0 Å². The molecule has 0 spiro atoms. The summed E-state index contributed by atoms with van der Waals surface area (Å²) in [6.45, 7) is 4.03. The van der Waals surface area contributed by atoms with Gasteiger partial charge in [0.05, 0.1) is 11.7 Å². The third-order valence-corrected chi connectivity index (χ3v) is 7.71. The zero-order valence-corrected chi connectivity index (χ0v) is 23.0. The number of halogens is 1. The molecule has 5 aromatic rings. The van der Waals surface area contributed by atoms with Gasteiger partial charge >= 0.3 is 0 Å². The summed E-state index contributed by atoms with van der Waals surface area (Å²) in [7, 11) is 0. The number of anilines is 1. The topological polar surface area (TPSA) is 50.5 Å². The van der Waals surface area contributed by atoms with Crippen LogP contribution in [0.2, 0.25) is 5.02 Å². The predicted molar refractivity (Wildman–Crippen MR) is 160 cm³/mol. The normalized spacial score (nSPS) is 16.8. The molecule has 3 heterocycles. The number of para-hydroxylation sites is 1. The van der Waals surface area contributed by atoms with E-state index in [0.29, 0.717) is 10.1 Å². The van der Waals surface area contributed by atoms with E-state index in [-0.39, 0.29) is 12.1 Å². The Morgan fingerprint density at radius 2 is 1.69 bits per heavy atom. The molecule has 0 radical (unpaired) electrons. The number of hydrogen-bond acceptors (Lipinski definition) is 4. The van der Waals surface area contributed by atoms with Crippen molar-refractivity contribution in [3.05, 3.63) is 131 Å². The number of aromatic nitrogens is 1. The molecule has 1 saturated heterocycles. The molecule has 0 bridgehead atoms. The molecule has 6 rings (SSSR count). The second kappa shape index (κ2) is 10.6. The van der Waals surface area contributed by atoms with Crippen LogP contribution >= 0.6 is 23.8 Å². The molecule has 7 heteroatoms. The SMILES string of the molecule is Cc1ccccc1Oc1ccc(N2C(=S)NC(c3ccccn3)C2c2ccc(-c3cccc(Cl)c3C)o2)cc1. The van der Waals surface area contributed by atoms with Gasteiger partial charge in [0.2, 0.25) is 0 Å². The van der Waals surface area contributed by atoms with Gasteiger partial charge in [0, 0.05) is 22.5 Å². The summed E-state index contributed by atoms with van der Waals surface area (Å²) < 4.78 is 12.6. The maximum absolute atomic E-state index is 6.50. The number of pyridine rings is 1. The lowest BCUT2D eigenvalue weighted by molar-refractivity contribution is 0.439. The minimum absolute atomic E-state index is 0.207. The van der Waals surface area contributed by atoms with Crippen LogP contribution in [-0.4, -0.2) is 10.1 Å². The van der Waals surface area contributed by atoms with Crippen molar-refractivity contribution < 1.29 is 9.15 Å². The Balaban J connectivity index is 1.37. The molecule has 0 amide bonds. The smallest absolute Gasteiger partial charge is 0.174 e. The van der Waals surface area contributed by atoms with Gasteiger partial charge in [-0.15, -0.1) is 0 Å². The van der Waals surface area contributed by atoms with Crippen LogP contribution in [0.25, 0.3) is 11.3 Å². The number of aryl methyl sites for hydroxylation is 1. The van der Waals surface area contributed by atoms with Crippen LogP contribution < -0.4 is 15.0 Å². The lowest BCUT2D eigenvalue weighted by atomic mass is 10.0. The average molecular weight is 552 g/mol. The van der Waals surface area contributed by atoms with Crippen molar-refractivity contribution in [1.82, 2.24) is 10.3 Å². The van der Waals surface area contributed by atoms with Crippen LogP contribution in [0.3, 0.4) is 0 Å². The first kappa shape index (κ1) is 25.2. The fraction of sp³-hybridized carbons (Fsp3) is 0.125. The first-order chi connectivity index (χ1) is 19.0. The summed E-state index contributed by atoms with van der Waals surface area (Å²) in [5.74, 6) is 3.11. The molecule has 0 aliphatic carbocycles. The van der Waals surface area contributed by atoms with E-state index in [2.05, 4.69) is 15.2 Å². The van der Waals surface area contributed by atoms with Crippen LogP contribution in [-0.2, 0) is 0 Å². The van der Waals surface area contributed by atoms with Crippen molar-refractivity contribution in [3.63, 3.8) is 0 Å². The standard InChI is InChI=1S/C32H26ClN3O2S/c1-20-8-3-4-12-27(20)37-23-15-13-22(14-16-23)36-31(30(35-32(36)39)26-11-5-6-19-34-26)29-18-17-28(38-29)24-9-7-10-25(33)21(24)2/h3-19,30-31H,1-2H3,(H,35,39). The number of rotatable bonds is 6. The average Bonchev–Trinajstić information content (AvgIpc) is 3.57. The molecule has 194 valence electrons. The summed E-state index contributed by atoms with van der Waals surface area (Å²) >= 11 is 12.3. The van der Waals surface area contributed by atoms with E-state index in [1.165, 1.54) is 0 Å². The highest BCUT2D eigenvalue weighted by Gasteiger charge is 2.42. The van der Waals surface area contributed by atoms with E-state index in [4.69, 9.17) is 33.0 Å². The molecule has 5 nitrogen and oxygen atoms in total. The van der Waals surface area contributed by atoms with Gasteiger partial charge in [-0.2, -0.15) is 0 Å². The highest BCUT2D eigenvalue weighted by molar-refractivity contribution is 7.80. The summed E-state index contributed by atoms with van der Waals surface area (Å²) in [5.41, 5.74) is 4.81. The Labute approximate surface area is 238 Å². The van der Waals surface area contributed by atoms with Crippen LogP contribution in [0.5, 0.6) is 11.5 Å². The van der Waals surface area contributed by atoms with Crippen LogP contribution in [0.15, 0.2) is 108 Å². The monoisotopic (exact) mass is 551 g/mol. The van der Waals surface area contributed by atoms with Crippen LogP contribution in [0.1, 0.15) is 34.7 Å². The van der Waals surface area contributed by atoms with Crippen molar-refractivity contribution >= 4 is 34.6 Å². The molecular weight excluding hydrogens is 526 g/mol. The first-order valence-electron chi connectivity index (χ1n) is 12.7. The summed E-state index contributed by atoms with van der Waals surface area (Å²) in [6.07, 6.45) is 1.79. The maximum Gasteiger partial charge on any atom is 0.174 e. The van der Waals surface area contributed by atoms with Crippen LogP contribution in [0, 0.1) is 13.8 Å². The zero-order chi connectivity index (χ0) is 26.9. The van der Waals surface area contributed by atoms with E-state index in [0.717, 1.165) is 51.1 Å². The molecule has 2 unspecified atom stereocenters. The Morgan fingerprint density at radius 1 is 0.897 bits per heavy atom. The zero-order valence-electron chi connectivity index (χ0n) is 21.5. The maximum atomic E-state index is 6.50. The summed E-state index contributed by atoms with van der Waals surface area (Å²) in [5, 5.41) is 4.78. The molecule has 1 aliphatic heterocycles. The van der Waals surface area contributed by atoms with E-state index < -0.39 is 0 Å². The number of hydrogen-bond donors (Lipinski definition) is 1. The van der Waals surface area contributed by atoms with E-state index in [1.54, 1.807) is 6.20 Å². The van der Waals surface area contributed by atoms with Crippen molar-refractivity contribution in [2.75, 3.05) is 4.90 Å². The van der Waals surface area contributed by atoms with Gasteiger partial charge < -0.3 is 19.4 Å². The van der Waals surface area contributed by atoms with Gasteiger partial charge in [0.15, 0.2) is 5.11 Å². The Bertz CT molecular complexity index is 1640. The van der Waals surface area contributed by atoms with E-state index in [1.807, 2.05) is 111 Å². The third kappa shape index (κ3) is 4.89. The number of ether oxygens (including phenoxy) is 1. The molecular formula is C32H26ClN3O2S. The molecule has 1 aliphatic rings. The van der Waals surface area contributed by atoms with Gasteiger partial charge in [0.25, 0.3) is 0 Å². The molecule has 3 aromatic carbocycles. The summed E-state index contributed by atoms with van der Waals surface area (Å²) in [6, 6.07) is 31.2. The minimum atomic E-state index is -0.260. The predicted octanol–water partition coefficient (Wildman–Crippen LogP) is 8.58. The largest absolute Gasteiger partial charge is 0.459 e. The molecule has 0 saturated carbocycles. The fourth-order valence-corrected chi connectivity index (χ4v) is 5.45. The molecule has 2 atom stereocenters. The fourth-order valence-electron chi connectivity index (χ4n) is 4.93. The molecule has 39 heavy (non-hydrogen) atoms. The van der Waals surface area contributed by atoms with Crippen molar-refractivity contribution in [1.29, 1.82) is 0 Å². The van der Waals surface area contributed by atoms with Crippen molar-refractivity contribution in [3.8, 4) is 22.8 Å². The highest BCUT2D eigenvalue weighted by atomic mass is 35.5. The van der Waals surface area contributed by atoms with Crippen LogP contribution in [0.4, 0.5) is 5.69 Å². The Morgan fingerprint density at radius 3 is 2.46 bits per heavy atom. The van der Waals surface area contributed by atoms with E-state index >= 15 is 0 Å². The van der Waals surface area contributed by atoms with E-state index in [9.17, 15) is 0 Å². The summed E-state index contributed by atoms with van der Waals surface area (Å²) in [4.78, 5) is 6.71. The third-order valence-electron chi connectivity index (χ3n) is 6.99. The molecule has 2 aromatic heterocycles. The number of furan rings is 1.